The molecule has 0 saturated carbocycles. The first-order valence-electron chi connectivity index (χ1n) is 3.85. The predicted octanol–water partition coefficient (Wildman–Crippen LogP) is 3.33. The van der Waals surface area contributed by atoms with Crippen LogP contribution in [0.15, 0.2) is 0 Å². The molecule has 0 saturated heterocycles. The Morgan fingerprint density at radius 2 is 1.67 bits per heavy atom. The van der Waals surface area contributed by atoms with Crippen molar-refractivity contribution in [3.8, 4) is 0 Å². The topological polar surface area (TPSA) is 0 Å². The van der Waals surface area contributed by atoms with Crippen LogP contribution in [-0.4, -0.2) is 13.3 Å². The van der Waals surface area contributed by atoms with Gasteiger partial charge in [-0.1, -0.05) is 0 Å². The van der Waals surface area contributed by atoms with Crippen LogP contribution < -0.4 is 0 Å². The number of rotatable bonds is 4. The SMILES string of the molecule is [CH2]CCC[CH2][Ge]([CH3])([CH3])[CH3]. The van der Waals surface area contributed by atoms with Crippen LogP contribution in [0, 0.1) is 6.92 Å². The molecule has 0 rings (SSSR count). The van der Waals surface area contributed by atoms with Gasteiger partial charge in [-0.2, -0.15) is 0 Å². The zero-order valence-corrected chi connectivity index (χ0v) is 9.13. The van der Waals surface area contributed by atoms with Gasteiger partial charge in [0.2, 0.25) is 0 Å². The van der Waals surface area contributed by atoms with Crippen LogP contribution in [0.5, 0.6) is 0 Å². The van der Waals surface area contributed by atoms with E-state index in [9.17, 15) is 0 Å². The summed E-state index contributed by atoms with van der Waals surface area (Å²) in [6.45, 7) is 3.83. The molecule has 0 spiro atoms. The minimum atomic E-state index is -1.16. The van der Waals surface area contributed by atoms with Gasteiger partial charge in [0, 0.05) is 0 Å². The Morgan fingerprint density at radius 1 is 1.11 bits per heavy atom. The Labute approximate surface area is 62.4 Å². The first kappa shape index (κ1) is 9.54. The van der Waals surface area contributed by atoms with Crippen LogP contribution >= 0.6 is 0 Å². The molecule has 0 aliphatic rings. The molecule has 0 aliphatic carbocycles. The molecule has 0 aromatic rings. The molecule has 0 bridgehead atoms. The van der Waals surface area contributed by atoms with E-state index in [1.807, 2.05) is 0 Å². The fraction of sp³-hybridized carbons (Fsp3) is 0.875. The molecule has 0 aromatic carbocycles. The van der Waals surface area contributed by atoms with Crippen molar-refractivity contribution in [2.75, 3.05) is 0 Å². The van der Waals surface area contributed by atoms with Crippen molar-refractivity contribution in [1.29, 1.82) is 0 Å². The average molecular weight is 188 g/mol. The Morgan fingerprint density at radius 3 is 2.00 bits per heavy atom. The molecule has 55 valence electrons. The molecular weight excluding hydrogens is 169 g/mol. The van der Waals surface area contributed by atoms with Crippen molar-refractivity contribution >= 4 is 13.3 Å². The fourth-order valence-electron chi connectivity index (χ4n) is 0.832. The Kier molecular flexibility index (Phi) is 4.64. The van der Waals surface area contributed by atoms with E-state index in [0.717, 1.165) is 6.42 Å². The minimum absolute atomic E-state index is 1.12. The summed E-state index contributed by atoms with van der Waals surface area (Å²) in [6.07, 6.45) is 3.88. The Hall–Kier alpha value is 0.543. The van der Waals surface area contributed by atoms with E-state index in [1.54, 1.807) is 0 Å². The summed E-state index contributed by atoms with van der Waals surface area (Å²) in [5, 5.41) is 1.52. The van der Waals surface area contributed by atoms with E-state index in [-0.39, 0.29) is 0 Å². The van der Waals surface area contributed by atoms with Crippen LogP contribution in [-0.2, 0) is 0 Å². The monoisotopic (exact) mass is 189 g/mol. The van der Waals surface area contributed by atoms with Gasteiger partial charge in [-0.3, -0.25) is 0 Å². The molecule has 0 fully saturated rings. The van der Waals surface area contributed by atoms with Gasteiger partial charge in [0.25, 0.3) is 0 Å². The predicted molar refractivity (Wildman–Crippen MR) is 47.4 cm³/mol. The summed E-state index contributed by atoms with van der Waals surface area (Å²) < 4.78 is 0. The third-order valence-electron chi connectivity index (χ3n) is 1.43. The molecule has 0 aromatic heterocycles. The number of hydrogen-bond acceptors (Lipinski definition) is 0. The molecule has 0 heterocycles. The molecule has 0 nitrogen and oxygen atoms in total. The van der Waals surface area contributed by atoms with Crippen molar-refractivity contribution < 1.29 is 0 Å². The molecule has 9 heavy (non-hydrogen) atoms. The Bertz CT molecular complexity index is 61.5. The summed E-state index contributed by atoms with van der Waals surface area (Å²) >= 11 is -1.16. The maximum atomic E-state index is 3.83. The van der Waals surface area contributed by atoms with E-state index in [1.165, 1.54) is 18.1 Å². The van der Waals surface area contributed by atoms with Crippen LogP contribution in [0.3, 0.4) is 0 Å². The van der Waals surface area contributed by atoms with Crippen LogP contribution in [0.1, 0.15) is 19.3 Å². The average Bonchev–Trinajstić information content (AvgIpc) is 1.63. The molecule has 1 heteroatoms. The zero-order chi connectivity index (χ0) is 7.33. The van der Waals surface area contributed by atoms with E-state index >= 15 is 0 Å². The summed E-state index contributed by atoms with van der Waals surface area (Å²) in [5.74, 6) is 7.43. The van der Waals surface area contributed by atoms with Gasteiger partial charge < -0.3 is 0 Å². The number of hydrogen-bond donors (Lipinski definition) is 0. The third-order valence-corrected chi connectivity index (χ3v) is 5.32. The van der Waals surface area contributed by atoms with Gasteiger partial charge in [0.1, 0.15) is 0 Å². The standard InChI is InChI=1S/C8H19Ge/c1-5-6-7-8-9(2,3)4/h1,5-8H2,2-4H3. The summed E-state index contributed by atoms with van der Waals surface area (Å²) in [4.78, 5) is 0. The molecule has 0 atom stereocenters. The quantitative estimate of drug-likeness (QED) is 0.468. The number of unbranched alkanes of at least 4 members (excludes halogenated alkanes) is 2. The summed E-state index contributed by atoms with van der Waals surface area (Å²) in [7, 11) is 0. The van der Waals surface area contributed by atoms with Crippen molar-refractivity contribution in [3.05, 3.63) is 6.92 Å². The van der Waals surface area contributed by atoms with Crippen molar-refractivity contribution in [1.82, 2.24) is 0 Å². The zero-order valence-electron chi connectivity index (χ0n) is 7.04. The fourth-order valence-corrected chi connectivity index (χ4v) is 3.58. The summed E-state index contributed by atoms with van der Waals surface area (Å²) in [6, 6.07) is 0. The maximum absolute atomic E-state index is 3.83. The van der Waals surface area contributed by atoms with Gasteiger partial charge in [0.15, 0.2) is 0 Å². The second-order valence-electron chi connectivity index (χ2n) is 3.87. The van der Waals surface area contributed by atoms with Crippen LogP contribution in [0.2, 0.25) is 22.5 Å². The van der Waals surface area contributed by atoms with E-state index in [2.05, 4.69) is 24.2 Å². The van der Waals surface area contributed by atoms with Gasteiger partial charge in [-0.05, 0) is 0 Å². The van der Waals surface area contributed by atoms with Crippen LogP contribution in [0.4, 0.5) is 0 Å². The van der Waals surface area contributed by atoms with E-state index < -0.39 is 13.3 Å². The second kappa shape index (κ2) is 4.37. The summed E-state index contributed by atoms with van der Waals surface area (Å²) in [5.41, 5.74) is 0. The van der Waals surface area contributed by atoms with E-state index in [0.29, 0.717) is 0 Å². The molecule has 0 unspecified atom stereocenters. The van der Waals surface area contributed by atoms with Crippen LogP contribution in [0.25, 0.3) is 0 Å². The molecule has 0 aliphatic heterocycles. The third kappa shape index (κ3) is 8.54. The first-order valence-corrected chi connectivity index (χ1v) is 11.6. The molecular formula is C8H19Ge. The van der Waals surface area contributed by atoms with Gasteiger partial charge in [-0.25, -0.2) is 0 Å². The first-order chi connectivity index (χ1) is 4.06. The second-order valence-corrected chi connectivity index (χ2v) is 15.7. The molecule has 0 N–H and O–H groups in total. The van der Waals surface area contributed by atoms with Crippen molar-refractivity contribution in [2.45, 2.75) is 41.8 Å². The Balaban J connectivity index is 3.07. The molecule has 1 radical (unpaired) electrons. The van der Waals surface area contributed by atoms with Gasteiger partial charge in [0.05, 0.1) is 0 Å². The normalized spacial score (nSPS) is 12.0. The van der Waals surface area contributed by atoms with E-state index in [4.69, 9.17) is 0 Å². The van der Waals surface area contributed by atoms with Gasteiger partial charge in [-0.15, -0.1) is 0 Å². The van der Waals surface area contributed by atoms with Crippen molar-refractivity contribution in [2.24, 2.45) is 0 Å². The van der Waals surface area contributed by atoms with Gasteiger partial charge >= 0.3 is 62.0 Å². The van der Waals surface area contributed by atoms with Crippen molar-refractivity contribution in [3.63, 3.8) is 0 Å². The molecule has 0 amide bonds.